The minimum Gasteiger partial charge on any atom is -0.397 e. The van der Waals surface area contributed by atoms with E-state index in [1.807, 2.05) is 0 Å². The van der Waals surface area contributed by atoms with Gasteiger partial charge in [0, 0.05) is 6.61 Å². The highest BCUT2D eigenvalue weighted by molar-refractivity contribution is 7.31. The molecule has 7 nitrogen and oxygen atoms in total. The summed E-state index contributed by atoms with van der Waals surface area (Å²) in [6.07, 6.45) is 0. The molecule has 0 fully saturated rings. The summed E-state index contributed by atoms with van der Waals surface area (Å²) in [5.74, 6) is 0. The van der Waals surface area contributed by atoms with Crippen LogP contribution in [-0.2, 0) is 9.13 Å². The molecule has 0 rings (SSSR count). The Morgan fingerprint density at radius 3 is 1.00 bits per heavy atom. The van der Waals surface area contributed by atoms with Crippen molar-refractivity contribution < 1.29 is 33.8 Å². The van der Waals surface area contributed by atoms with Crippen LogP contribution < -0.4 is 0 Å². The average molecular weight is 210 g/mol. The molecule has 0 aliphatic rings. The number of aliphatic hydroxyl groups is 1. The van der Waals surface area contributed by atoms with Gasteiger partial charge < -0.3 is 24.7 Å². The van der Waals surface area contributed by atoms with E-state index in [9.17, 15) is 0 Å². The van der Waals surface area contributed by atoms with Crippen molar-refractivity contribution in [3.8, 4) is 0 Å². The smallest absolute Gasteiger partial charge is 0.314 e. The number of aliphatic hydroxyl groups excluding tert-OH is 1. The van der Waals surface area contributed by atoms with Crippen LogP contribution in [0.2, 0.25) is 0 Å². The van der Waals surface area contributed by atoms with Crippen molar-refractivity contribution in [2.24, 2.45) is 0 Å². The molecular formula is C2H12O7P2. The van der Waals surface area contributed by atoms with E-state index in [0.29, 0.717) is 0 Å². The molecule has 11 heavy (non-hydrogen) atoms. The van der Waals surface area contributed by atoms with Gasteiger partial charge in [0.1, 0.15) is 0 Å². The lowest BCUT2D eigenvalue weighted by Gasteiger charge is -1.61. The van der Waals surface area contributed by atoms with Gasteiger partial charge in [-0.3, -0.25) is 9.13 Å². The standard InChI is InChI=1S/C2H6O.2H3O3P/c1-2-3;2*1-4(2)3/h3H,2H2,1H3;2*4H,(H2,1,2,3). The van der Waals surface area contributed by atoms with Crippen molar-refractivity contribution in [1.82, 2.24) is 0 Å². The van der Waals surface area contributed by atoms with Crippen LogP contribution in [0, 0.1) is 0 Å². The molecular weight excluding hydrogens is 198 g/mol. The molecule has 0 radical (unpaired) electrons. The molecule has 9 heteroatoms. The Morgan fingerprint density at radius 2 is 1.00 bits per heavy atom. The number of hydrogen-bond acceptors (Lipinski definition) is 3. The quantitative estimate of drug-likeness (QED) is 0.314. The van der Waals surface area contributed by atoms with Crippen molar-refractivity contribution in [2.75, 3.05) is 6.61 Å². The summed E-state index contributed by atoms with van der Waals surface area (Å²) < 4.78 is 17.5. The van der Waals surface area contributed by atoms with Crippen LogP contribution >= 0.6 is 16.5 Å². The van der Waals surface area contributed by atoms with Crippen LogP contribution in [0.3, 0.4) is 0 Å². The predicted molar refractivity (Wildman–Crippen MR) is 39.6 cm³/mol. The molecule has 0 saturated heterocycles. The van der Waals surface area contributed by atoms with Gasteiger partial charge >= 0.3 is 16.5 Å². The topological polar surface area (TPSA) is 135 Å². The van der Waals surface area contributed by atoms with Crippen molar-refractivity contribution in [1.29, 1.82) is 0 Å². The van der Waals surface area contributed by atoms with E-state index >= 15 is 0 Å². The van der Waals surface area contributed by atoms with Crippen molar-refractivity contribution in [2.45, 2.75) is 6.92 Å². The molecule has 0 unspecified atom stereocenters. The SMILES string of the molecule is CCO.O=[PH](O)O.O=[PH](O)O. The van der Waals surface area contributed by atoms with E-state index in [4.69, 9.17) is 33.8 Å². The second-order valence-corrected chi connectivity index (χ2v) is 2.01. The Kier molecular flexibility index (Phi) is 26.4. The zero-order chi connectivity index (χ0) is 9.86. The lowest BCUT2D eigenvalue weighted by Crippen LogP contribution is -1.57. The summed E-state index contributed by atoms with van der Waals surface area (Å²) >= 11 is 0. The maximum Gasteiger partial charge on any atom is 0.314 e. The fourth-order valence-corrected chi connectivity index (χ4v) is 0. The minimum atomic E-state index is -3.13. The highest BCUT2D eigenvalue weighted by Crippen LogP contribution is 1.98. The van der Waals surface area contributed by atoms with E-state index in [1.54, 1.807) is 6.92 Å². The van der Waals surface area contributed by atoms with Crippen LogP contribution in [0.1, 0.15) is 6.92 Å². The molecule has 0 heterocycles. The summed E-state index contributed by atoms with van der Waals surface area (Å²) in [5, 5.41) is 7.57. The van der Waals surface area contributed by atoms with Crippen molar-refractivity contribution in [3.05, 3.63) is 0 Å². The monoisotopic (exact) mass is 210 g/mol. The fourth-order valence-electron chi connectivity index (χ4n) is 0. The van der Waals surface area contributed by atoms with Gasteiger partial charge in [-0.05, 0) is 6.92 Å². The van der Waals surface area contributed by atoms with E-state index in [2.05, 4.69) is 0 Å². The third-order valence-corrected chi connectivity index (χ3v) is 0. The first-order valence-corrected chi connectivity index (χ1v) is 4.93. The van der Waals surface area contributed by atoms with Gasteiger partial charge in [0.15, 0.2) is 0 Å². The van der Waals surface area contributed by atoms with Crippen molar-refractivity contribution in [3.63, 3.8) is 0 Å². The normalized spacial score (nSPS) is 8.00. The highest BCUT2D eigenvalue weighted by atomic mass is 31.1. The lowest BCUT2D eigenvalue weighted by molar-refractivity contribution is 0.318. The molecule has 0 amide bonds. The first kappa shape index (κ1) is 17.4. The van der Waals surface area contributed by atoms with Crippen molar-refractivity contribution >= 4 is 16.5 Å². The van der Waals surface area contributed by atoms with E-state index in [1.165, 1.54) is 0 Å². The van der Waals surface area contributed by atoms with Crippen LogP contribution in [-0.4, -0.2) is 31.3 Å². The molecule has 0 aliphatic carbocycles. The highest BCUT2D eigenvalue weighted by Gasteiger charge is 1.62. The Hall–Kier alpha value is 0.260. The average Bonchev–Trinajstić information content (AvgIpc) is 1.60. The lowest BCUT2D eigenvalue weighted by atomic mass is 10.9. The maximum atomic E-state index is 8.74. The zero-order valence-electron chi connectivity index (χ0n) is 5.76. The van der Waals surface area contributed by atoms with E-state index in [-0.39, 0.29) is 6.61 Å². The largest absolute Gasteiger partial charge is 0.397 e. The Morgan fingerprint density at radius 1 is 1.00 bits per heavy atom. The number of hydrogen-bond donors (Lipinski definition) is 5. The van der Waals surface area contributed by atoms with Crippen LogP contribution in [0.5, 0.6) is 0 Å². The molecule has 0 spiro atoms. The van der Waals surface area contributed by atoms with Gasteiger partial charge in [-0.2, -0.15) is 0 Å². The second-order valence-electron chi connectivity index (χ2n) is 0.881. The van der Waals surface area contributed by atoms with Gasteiger partial charge in [0.25, 0.3) is 0 Å². The van der Waals surface area contributed by atoms with E-state index in [0.717, 1.165) is 0 Å². The van der Waals surface area contributed by atoms with Gasteiger partial charge in [-0.1, -0.05) is 0 Å². The first-order valence-electron chi connectivity index (χ1n) is 2.33. The summed E-state index contributed by atoms with van der Waals surface area (Å²) in [7, 11) is -6.26. The van der Waals surface area contributed by atoms with E-state index < -0.39 is 16.5 Å². The van der Waals surface area contributed by atoms with Gasteiger partial charge in [0.2, 0.25) is 0 Å². The number of rotatable bonds is 0. The molecule has 0 saturated carbocycles. The van der Waals surface area contributed by atoms with Crippen LogP contribution in [0.25, 0.3) is 0 Å². The Balaban J connectivity index is -0.0000000886. The summed E-state index contributed by atoms with van der Waals surface area (Å²) in [6.45, 7) is 1.93. The third kappa shape index (κ3) is 10400. The fraction of sp³-hybridized carbons (Fsp3) is 1.00. The molecule has 0 atom stereocenters. The predicted octanol–water partition coefficient (Wildman–Crippen LogP) is -1.28. The van der Waals surface area contributed by atoms with Gasteiger partial charge in [-0.15, -0.1) is 0 Å². The van der Waals surface area contributed by atoms with Crippen LogP contribution in [0.4, 0.5) is 0 Å². The zero-order valence-corrected chi connectivity index (χ0v) is 7.76. The maximum absolute atomic E-state index is 8.74. The first-order chi connectivity index (χ1) is 4.88. The summed E-state index contributed by atoms with van der Waals surface area (Å²) in [4.78, 5) is 28.6. The van der Waals surface area contributed by atoms with Gasteiger partial charge in [-0.25, -0.2) is 0 Å². The van der Waals surface area contributed by atoms with Crippen LogP contribution in [0.15, 0.2) is 0 Å². The Bertz CT molecular complexity index is 82.6. The molecule has 5 N–H and O–H groups in total. The molecule has 0 aromatic carbocycles. The molecule has 0 aromatic heterocycles. The Labute approximate surface area is 64.8 Å². The summed E-state index contributed by atoms with van der Waals surface area (Å²) in [5.41, 5.74) is 0. The molecule has 0 bridgehead atoms. The molecule has 0 aliphatic heterocycles. The molecule has 0 aromatic rings. The third-order valence-electron chi connectivity index (χ3n) is 0. The van der Waals surface area contributed by atoms with Gasteiger partial charge in [0.05, 0.1) is 0 Å². The second kappa shape index (κ2) is 16.7. The molecule has 72 valence electrons. The minimum absolute atomic E-state index is 0.250. The summed E-state index contributed by atoms with van der Waals surface area (Å²) in [6, 6.07) is 0.